The molecule has 0 atom stereocenters. The van der Waals surface area contributed by atoms with Crippen LogP contribution in [0.4, 0.5) is 5.82 Å². The second-order valence-electron chi connectivity index (χ2n) is 3.14. The number of nitrogens with zero attached hydrogens (tertiary/aromatic N) is 2. The third kappa shape index (κ3) is 1.42. The second kappa shape index (κ2) is 3.13. The van der Waals surface area contributed by atoms with Gasteiger partial charge in [-0.1, -0.05) is 0 Å². The lowest BCUT2D eigenvalue weighted by molar-refractivity contribution is 0.936. The molecule has 0 amide bonds. The molecular weight excluding hydrogens is 148 g/mol. The van der Waals surface area contributed by atoms with Crippen molar-refractivity contribution in [2.24, 2.45) is 0 Å². The smallest absolute Gasteiger partial charge is 0.128 e. The van der Waals surface area contributed by atoms with Crippen molar-refractivity contribution in [3.05, 3.63) is 30.8 Å². The van der Waals surface area contributed by atoms with Crippen molar-refractivity contribution in [1.82, 2.24) is 4.98 Å². The van der Waals surface area contributed by atoms with Gasteiger partial charge >= 0.3 is 0 Å². The van der Waals surface area contributed by atoms with Crippen molar-refractivity contribution in [1.29, 1.82) is 0 Å². The molecule has 1 aromatic heterocycles. The van der Waals surface area contributed by atoms with Crippen LogP contribution in [0.25, 0.3) is 0 Å². The summed E-state index contributed by atoms with van der Waals surface area (Å²) in [5.41, 5.74) is 0.798. The van der Waals surface area contributed by atoms with Gasteiger partial charge in [0, 0.05) is 19.3 Å². The fourth-order valence-electron chi connectivity index (χ4n) is 1.55. The fourth-order valence-corrected chi connectivity index (χ4v) is 1.55. The molecular formula is C10H12N2. The first-order chi connectivity index (χ1) is 5.86. The van der Waals surface area contributed by atoms with Crippen LogP contribution in [0, 0.1) is 6.92 Å². The number of anilines is 1. The van der Waals surface area contributed by atoms with E-state index in [0.717, 1.165) is 24.5 Å². The summed E-state index contributed by atoms with van der Waals surface area (Å²) in [5, 5.41) is 0. The number of hydrogen-bond acceptors (Lipinski definition) is 2. The zero-order valence-corrected chi connectivity index (χ0v) is 7.03. The molecule has 1 aromatic rings. The van der Waals surface area contributed by atoms with Crippen LogP contribution in [-0.4, -0.2) is 18.1 Å². The summed E-state index contributed by atoms with van der Waals surface area (Å²) in [6, 6.07) is 3.75. The molecule has 0 bridgehead atoms. The Kier molecular flexibility index (Phi) is 1.98. The summed E-state index contributed by atoms with van der Waals surface area (Å²) in [6.07, 6.45) is 4.32. The molecule has 0 spiro atoms. The molecule has 0 N–H and O–H groups in total. The molecule has 2 heterocycles. The molecule has 1 aliphatic rings. The summed E-state index contributed by atoms with van der Waals surface area (Å²) in [5.74, 6) is 1.02. The Morgan fingerprint density at radius 3 is 2.75 bits per heavy atom. The summed E-state index contributed by atoms with van der Waals surface area (Å²) in [7, 11) is 0. The normalized spacial score (nSPS) is 16.9. The van der Waals surface area contributed by atoms with E-state index in [1.54, 1.807) is 6.20 Å². The monoisotopic (exact) mass is 160 g/mol. The van der Waals surface area contributed by atoms with E-state index in [2.05, 4.69) is 9.88 Å². The Morgan fingerprint density at radius 1 is 1.33 bits per heavy atom. The standard InChI is InChI=1S/C10H12N2/c1-9-4-5-11-10(8-9)12-6-2-3-7-12/h1,4-5,8H,2-3,6-7H2. The molecule has 12 heavy (non-hydrogen) atoms. The lowest BCUT2D eigenvalue weighted by Gasteiger charge is -2.15. The first-order valence-corrected chi connectivity index (χ1v) is 4.33. The van der Waals surface area contributed by atoms with Gasteiger partial charge in [-0.2, -0.15) is 0 Å². The molecule has 2 heteroatoms. The second-order valence-corrected chi connectivity index (χ2v) is 3.14. The van der Waals surface area contributed by atoms with Gasteiger partial charge < -0.3 is 4.90 Å². The molecule has 0 saturated carbocycles. The van der Waals surface area contributed by atoms with Crippen LogP contribution in [0.1, 0.15) is 18.4 Å². The van der Waals surface area contributed by atoms with E-state index < -0.39 is 0 Å². The lowest BCUT2D eigenvalue weighted by Crippen LogP contribution is -2.18. The summed E-state index contributed by atoms with van der Waals surface area (Å²) >= 11 is 0. The van der Waals surface area contributed by atoms with E-state index in [4.69, 9.17) is 6.92 Å². The molecule has 0 unspecified atom stereocenters. The molecule has 1 fully saturated rings. The topological polar surface area (TPSA) is 16.1 Å². The minimum Gasteiger partial charge on any atom is -0.357 e. The van der Waals surface area contributed by atoms with Gasteiger partial charge in [0.1, 0.15) is 5.82 Å². The predicted octanol–water partition coefficient (Wildman–Crippen LogP) is 1.74. The number of pyridine rings is 1. The number of aromatic nitrogens is 1. The van der Waals surface area contributed by atoms with Gasteiger partial charge in [-0.05, 0) is 37.5 Å². The minimum absolute atomic E-state index is 0.798. The van der Waals surface area contributed by atoms with Gasteiger partial charge in [-0.3, -0.25) is 0 Å². The largest absolute Gasteiger partial charge is 0.357 e. The Labute approximate surface area is 73.2 Å². The highest BCUT2D eigenvalue weighted by Crippen LogP contribution is 2.17. The molecule has 2 radical (unpaired) electrons. The van der Waals surface area contributed by atoms with E-state index in [-0.39, 0.29) is 0 Å². The molecule has 1 saturated heterocycles. The van der Waals surface area contributed by atoms with Crippen molar-refractivity contribution < 1.29 is 0 Å². The van der Waals surface area contributed by atoms with Crippen LogP contribution < -0.4 is 4.90 Å². The maximum absolute atomic E-state index is 5.66. The van der Waals surface area contributed by atoms with Gasteiger partial charge in [0.2, 0.25) is 0 Å². The van der Waals surface area contributed by atoms with E-state index in [1.807, 2.05) is 12.1 Å². The molecule has 2 nitrogen and oxygen atoms in total. The Morgan fingerprint density at radius 2 is 2.08 bits per heavy atom. The van der Waals surface area contributed by atoms with Gasteiger partial charge in [0.25, 0.3) is 0 Å². The predicted molar refractivity (Wildman–Crippen MR) is 49.1 cm³/mol. The van der Waals surface area contributed by atoms with Crippen molar-refractivity contribution in [3.8, 4) is 0 Å². The van der Waals surface area contributed by atoms with Crippen LogP contribution in [0.3, 0.4) is 0 Å². The highest BCUT2D eigenvalue weighted by molar-refractivity contribution is 5.42. The van der Waals surface area contributed by atoms with Crippen molar-refractivity contribution in [2.45, 2.75) is 12.8 Å². The van der Waals surface area contributed by atoms with Crippen LogP contribution in [0.5, 0.6) is 0 Å². The average molecular weight is 160 g/mol. The van der Waals surface area contributed by atoms with Crippen molar-refractivity contribution in [3.63, 3.8) is 0 Å². The van der Waals surface area contributed by atoms with E-state index >= 15 is 0 Å². The first-order valence-electron chi connectivity index (χ1n) is 4.33. The van der Waals surface area contributed by atoms with Gasteiger partial charge in [-0.25, -0.2) is 4.98 Å². The molecule has 0 aliphatic carbocycles. The maximum Gasteiger partial charge on any atom is 0.128 e. The van der Waals surface area contributed by atoms with Gasteiger partial charge in [0.05, 0.1) is 0 Å². The van der Waals surface area contributed by atoms with Crippen LogP contribution in [0.15, 0.2) is 18.3 Å². The molecule has 1 aliphatic heterocycles. The summed E-state index contributed by atoms with van der Waals surface area (Å²) < 4.78 is 0. The molecule has 2 rings (SSSR count). The van der Waals surface area contributed by atoms with Gasteiger partial charge in [0.15, 0.2) is 0 Å². The zero-order valence-electron chi connectivity index (χ0n) is 7.03. The highest BCUT2D eigenvalue weighted by atomic mass is 15.2. The van der Waals surface area contributed by atoms with E-state index in [0.29, 0.717) is 0 Å². The third-order valence-corrected chi connectivity index (χ3v) is 2.20. The summed E-state index contributed by atoms with van der Waals surface area (Å²) in [4.78, 5) is 6.54. The Balaban J connectivity index is 2.21. The molecule has 0 aromatic carbocycles. The average Bonchev–Trinajstić information content (AvgIpc) is 2.56. The SMILES string of the molecule is [CH]c1ccnc(N2CCCC2)c1. The lowest BCUT2D eigenvalue weighted by atomic mass is 10.3. The third-order valence-electron chi connectivity index (χ3n) is 2.20. The summed E-state index contributed by atoms with van der Waals surface area (Å²) in [6.45, 7) is 7.90. The Bertz CT molecular complexity index is 264. The number of hydrogen-bond donors (Lipinski definition) is 0. The van der Waals surface area contributed by atoms with Crippen LogP contribution >= 0.6 is 0 Å². The van der Waals surface area contributed by atoms with Crippen molar-refractivity contribution >= 4 is 5.82 Å². The number of rotatable bonds is 1. The van der Waals surface area contributed by atoms with Crippen LogP contribution in [0.2, 0.25) is 0 Å². The quantitative estimate of drug-likeness (QED) is 0.622. The minimum atomic E-state index is 0.798. The van der Waals surface area contributed by atoms with Gasteiger partial charge in [-0.15, -0.1) is 0 Å². The van der Waals surface area contributed by atoms with E-state index in [9.17, 15) is 0 Å². The zero-order chi connectivity index (χ0) is 8.39. The Hall–Kier alpha value is -1.05. The van der Waals surface area contributed by atoms with Crippen molar-refractivity contribution in [2.75, 3.05) is 18.0 Å². The van der Waals surface area contributed by atoms with E-state index in [1.165, 1.54) is 12.8 Å². The highest BCUT2D eigenvalue weighted by Gasteiger charge is 2.12. The fraction of sp³-hybridized carbons (Fsp3) is 0.400. The molecule has 62 valence electrons. The van der Waals surface area contributed by atoms with Crippen LogP contribution in [-0.2, 0) is 0 Å². The first kappa shape index (κ1) is 7.59. The maximum atomic E-state index is 5.66.